The van der Waals surface area contributed by atoms with E-state index in [0.29, 0.717) is 6.54 Å². The number of nitrogens with zero attached hydrogens (tertiary/aromatic N) is 1. The first kappa shape index (κ1) is 17.7. The van der Waals surface area contributed by atoms with Gasteiger partial charge in [-0.15, -0.1) is 0 Å². The number of hydrogen-bond donors (Lipinski definition) is 1. The third-order valence-electron chi connectivity index (χ3n) is 5.46. The lowest BCUT2D eigenvalue weighted by Crippen LogP contribution is -2.54. The standard InChI is InChI=1S/C19H25NO5/c1-13-5-6-14(11-15(13)24-2)19(7-3-4-8-19)18(23)20-9-10-25-16(12-20)17(21)22/h5-6,11,16H,3-4,7-10,12H2,1-2H3,(H,21,22)/t16-/m1/s1. The molecule has 1 saturated carbocycles. The van der Waals surface area contributed by atoms with E-state index in [1.54, 1.807) is 12.0 Å². The van der Waals surface area contributed by atoms with E-state index in [1.807, 2.05) is 25.1 Å². The second-order valence-electron chi connectivity index (χ2n) is 6.92. The van der Waals surface area contributed by atoms with E-state index >= 15 is 0 Å². The predicted molar refractivity (Wildman–Crippen MR) is 91.8 cm³/mol. The van der Waals surface area contributed by atoms with Crippen molar-refractivity contribution in [2.45, 2.75) is 44.1 Å². The van der Waals surface area contributed by atoms with E-state index in [0.717, 1.165) is 42.6 Å². The van der Waals surface area contributed by atoms with Crippen LogP contribution in [0.4, 0.5) is 0 Å². The Kier molecular flexibility index (Phi) is 4.99. The Bertz CT molecular complexity index is 666. The molecule has 0 bridgehead atoms. The van der Waals surface area contributed by atoms with Crippen molar-refractivity contribution in [1.82, 2.24) is 4.90 Å². The lowest BCUT2D eigenvalue weighted by molar-refractivity contribution is -0.161. The molecule has 6 nitrogen and oxygen atoms in total. The van der Waals surface area contributed by atoms with E-state index in [-0.39, 0.29) is 19.1 Å². The monoisotopic (exact) mass is 347 g/mol. The first-order chi connectivity index (χ1) is 12.0. The molecule has 3 rings (SSSR count). The Morgan fingerprint density at radius 2 is 2.04 bits per heavy atom. The van der Waals surface area contributed by atoms with Gasteiger partial charge in [0.1, 0.15) is 5.75 Å². The molecule has 0 unspecified atom stereocenters. The number of carboxylic acid groups (broad SMARTS) is 1. The summed E-state index contributed by atoms with van der Waals surface area (Å²) in [4.78, 5) is 26.3. The van der Waals surface area contributed by atoms with E-state index in [1.165, 1.54) is 0 Å². The Morgan fingerprint density at radius 3 is 2.68 bits per heavy atom. The van der Waals surface area contributed by atoms with Gasteiger partial charge in [-0.05, 0) is 37.0 Å². The smallest absolute Gasteiger partial charge is 0.334 e. The summed E-state index contributed by atoms with van der Waals surface area (Å²) in [6.07, 6.45) is 2.62. The molecule has 1 aromatic carbocycles. The van der Waals surface area contributed by atoms with Crippen molar-refractivity contribution in [3.8, 4) is 5.75 Å². The fourth-order valence-corrected chi connectivity index (χ4v) is 4.01. The molecule has 0 aromatic heterocycles. The molecule has 0 radical (unpaired) electrons. The van der Waals surface area contributed by atoms with Crippen LogP contribution in [-0.4, -0.2) is 54.8 Å². The molecule has 1 atom stereocenters. The minimum atomic E-state index is -1.02. The molecule has 1 N–H and O–H groups in total. The van der Waals surface area contributed by atoms with Crippen molar-refractivity contribution in [2.24, 2.45) is 0 Å². The Balaban J connectivity index is 1.92. The fourth-order valence-electron chi connectivity index (χ4n) is 4.01. The molecule has 25 heavy (non-hydrogen) atoms. The van der Waals surface area contributed by atoms with Gasteiger partial charge in [0.2, 0.25) is 5.91 Å². The van der Waals surface area contributed by atoms with Gasteiger partial charge in [0, 0.05) is 6.54 Å². The summed E-state index contributed by atoms with van der Waals surface area (Å²) in [5.74, 6) is -0.220. The SMILES string of the molecule is COc1cc(C2(C(=O)N3CCO[C@@H](C(=O)O)C3)CCCC2)ccc1C. The van der Waals surface area contributed by atoms with Gasteiger partial charge in [-0.1, -0.05) is 25.0 Å². The quantitative estimate of drug-likeness (QED) is 0.903. The maximum atomic E-state index is 13.4. The number of ether oxygens (including phenoxy) is 2. The second-order valence-corrected chi connectivity index (χ2v) is 6.92. The minimum absolute atomic E-state index is 0.0189. The molecule has 6 heteroatoms. The van der Waals surface area contributed by atoms with Crippen LogP contribution >= 0.6 is 0 Å². The molecule has 1 aliphatic heterocycles. The van der Waals surface area contributed by atoms with Crippen LogP contribution in [0, 0.1) is 6.92 Å². The first-order valence-corrected chi connectivity index (χ1v) is 8.77. The van der Waals surface area contributed by atoms with E-state index < -0.39 is 17.5 Å². The number of hydrogen-bond acceptors (Lipinski definition) is 4. The van der Waals surface area contributed by atoms with Gasteiger partial charge in [0.05, 0.1) is 25.7 Å². The lowest BCUT2D eigenvalue weighted by atomic mass is 9.77. The van der Waals surface area contributed by atoms with Crippen molar-refractivity contribution in [3.63, 3.8) is 0 Å². The molecule has 2 aliphatic rings. The number of carbonyl (C=O) groups excluding carboxylic acids is 1. The summed E-state index contributed by atoms with van der Waals surface area (Å²) >= 11 is 0. The van der Waals surface area contributed by atoms with Crippen molar-refractivity contribution >= 4 is 11.9 Å². The van der Waals surface area contributed by atoms with Gasteiger partial charge in [0.25, 0.3) is 0 Å². The summed E-state index contributed by atoms with van der Waals surface area (Å²) in [7, 11) is 1.63. The largest absolute Gasteiger partial charge is 0.496 e. The zero-order valence-electron chi connectivity index (χ0n) is 14.8. The number of carbonyl (C=O) groups is 2. The van der Waals surface area contributed by atoms with Crippen LogP contribution in [0.25, 0.3) is 0 Å². The van der Waals surface area contributed by atoms with Crippen LogP contribution in [0.1, 0.15) is 36.8 Å². The number of aryl methyl sites for hydroxylation is 1. The highest BCUT2D eigenvalue weighted by molar-refractivity contribution is 5.89. The Labute approximate surface area is 147 Å². The average Bonchev–Trinajstić information content (AvgIpc) is 3.12. The van der Waals surface area contributed by atoms with Gasteiger partial charge >= 0.3 is 5.97 Å². The van der Waals surface area contributed by atoms with Crippen molar-refractivity contribution in [2.75, 3.05) is 26.8 Å². The second kappa shape index (κ2) is 7.04. The van der Waals surface area contributed by atoms with E-state index in [2.05, 4.69) is 0 Å². The summed E-state index contributed by atoms with van der Waals surface area (Å²) in [5.41, 5.74) is 1.42. The fraction of sp³-hybridized carbons (Fsp3) is 0.579. The maximum absolute atomic E-state index is 13.4. The number of rotatable bonds is 4. The van der Waals surface area contributed by atoms with Crippen molar-refractivity contribution in [1.29, 1.82) is 0 Å². The molecule has 1 aliphatic carbocycles. The van der Waals surface area contributed by atoms with Crippen molar-refractivity contribution in [3.05, 3.63) is 29.3 Å². The molecule has 1 heterocycles. The van der Waals surface area contributed by atoms with Crippen molar-refractivity contribution < 1.29 is 24.2 Å². The highest BCUT2D eigenvalue weighted by atomic mass is 16.5. The highest BCUT2D eigenvalue weighted by Gasteiger charge is 2.46. The number of benzene rings is 1. The normalized spacial score (nSPS) is 22.6. The average molecular weight is 347 g/mol. The summed E-state index contributed by atoms with van der Waals surface area (Å²) in [6, 6.07) is 5.96. The molecular weight excluding hydrogens is 322 g/mol. The molecule has 2 fully saturated rings. The van der Waals surface area contributed by atoms with Crippen LogP contribution in [0.3, 0.4) is 0 Å². The minimum Gasteiger partial charge on any atom is -0.496 e. The number of amides is 1. The van der Waals surface area contributed by atoms with Crippen LogP contribution < -0.4 is 4.74 Å². The van der Waals surface area contributed by atoms with Gasteiger partial charge < -0.3 is 19.5 Å². The maximum Gasteiger partial charge on any atom is 0.334 e. The third kappa shape index (κ3) is 3.23. The third-order valence-corrected chi connectivity index (χ3v) is 5.46. The molecule has 1 saturated heterocycles. The number of morpholine rings is 1. The summed E-state index contributed by atoms with van der Waals surface area (Å²) in [6.45, 7) is 2.79. The van der Waals surface area contributed by atoms with E-state index in [4.69, 9.17) is 9.47 Å². The Hall–Kier alpha value is -2.08. The van der Waals surface area contributed by atoms with Gasteiger partial charge in [0.15, 0.2) is 6.10 Å². The zero-order valence-corrected chi connectivity index (χ0v) is 14.8. The zero-order chi connectivity index (χ0) is 18.0. The molecule has 1 aromatic rings. The van der Waals surface area contributed by atoms with Crippen LogP contribution in [0.2, 0.25) is 0 Å². The number of methoxy groups -OCH3 is 1. The number of carboxylic acids is 1. The predicted octanol–water partition coefficient (Wildman–Crippen LogP) is 2.13. The van der Waals surface area contributed by atoms with E-state index in [9.17, 15) is 14.7 Å². The molecule has 0 spiro atoms. The topological polar surface area (TPSA) is 76.1 Å². The Morgan fingerprint density at radius 1 is 1.32 bits per heavy atom. The number of aliphatic carboxylic acids is 1. The highest BCUT2D eigenvalue weighted by Crippen LogP contribution is 2.44. The molecule has 1 amide bonds. The molecule has 136 valence electrons. The van der Waals surface area contributed by atoms with Crippen LogP contribution in [0.15, 0.2) is 18.2 Å². The van der Waals surface area contributed by atoms with Crippen LogP contribution in [-0.2, 0) is 19.7 Å². The van der Waals surface area contributed by atoms with Crippen LogP contribution in [0.5, 0.6) is 5.75 Å². The first-order valence-electron chi connectivity index (χ1n) is 8.77. The molecular formula is C19H25NO5. The van der Waals surface area contributed by atoms with Gasteiger partial charge in [-0.25, -0.2) is 4.79 Å². The summed E-state index contributed by atoms with van der Waals surface area (Å²) < 4.78 is 10.7. The lowest BCUT2D eigenvalue weighted by Gasteiger charge is -2.38. The van der Waals surface area contributed by atoms with Gasteiger partial charge in [-0.2, -0.15) is 0 Å². The summed E-state index contributed by atoms with van der Waals surface area (Å²) in [5, 5.41) is 9.20. The van der Waals surface area contributed by atoms with Gasteiger partial charge in [-0.3, -0.25) is 4.79 Å².